The normalized spacial score (nSPS) is 17.1. The number of aliphatic imine (C=N–C) groups is 1. The summed E-state index contributed by atoms with van der Waals surface area (Å²) in [4.78, 5) is 30.1. The summed E-state index contributed by atoms with van der Waals surface area (Å²) in [5.74, 6) is 0.0964. The highest BCUT2D eigenvalue weighted by Crippen LogP contribution is 2.32. The maximum Gasteiger partial charge on any atom is 0.343 e. The Labute approximate surface area is 173 Å². The molecule has 2 aromatic rings. The second-order valence-corrected chi connectivity index (χ2v) is 6.68. The number of carbonyl (C=O) groups is 2. The summed E-state index contributed by atoms with van der Waals surface area (Å²) in [6, 6.07) is 14.4. The van der Waals surface area contributed by atoms with E-state index in [4.69, 9.17) is 14.2 Å². The van der Waals surface area contributed by atoms with Crippen LogP contribution in [0.25, 0.3) is 0 Å². The fourth-order valence-electron chi connectivity index (χ4n) is 3.18. The van der Waals surface area contributed by atoms with Gasteiger partial charge in [0.25, 0.3) is 5.91 Å². The van der Waals surface area contributed by atoms with E-state index in [0.717, 1.165) is 0 Å². The first-order valence-electron chi connectivity index (χ1n) is 9.59. The molecule has 2 aliphatic heterocycles. The van der Waals surface area contributed by atoms with Crippen LogP contribution in [0.1, 0.15) is 13.8 Å². The fourth-order valence-corrected chi connectivity index (χ4v) is 3.18. The number of esters is 1. The molecule has 0 unspecified atom stereocenters. The van der Waals surface area contributed by atoms with Crippen LogP contribution in [0.4, 0.5) is 11.4 Å². The van der Waals surface area contributed by atoms with Crippen molar-refractivity contribution in [2.24, 2.45) is 4.99 Å². The molecule has 0 saturated carbocycles. The first kappa shape index (κ1) is 19.5. The van der Waals surface area contributed by atoms with Gasteiger partial charge in [-0.05, 0) is 38.1 Å². The Balaban J connectivity index is 1.64. The monoisotopic (exact) mass is 407 g/mol. The van der Waals surface area contributed by atoms with E-state index in [-0.39, 0.29) is 24.6 Å². The summed E-state index contributed by atoms with van der Waals surface area (Å²) in [5, 5.41) is 5.89. The van der Waals surface area contributed by atoms with E-state index in [0.29, 0.717) is 28.6 Å². The molecule has 2 aromatic carbocycles. The van der Waals surface area contributed by atoms with Gasteiger partial charge < -0.3 is 24.8 Å². The number of amides is 1. The second-order valence-electron chi connectivity index (χ2n) is 6.68. The molecule has 0 aliphatic carbocycles. The Bertz CT molecular complexity index is 1060. The van der Waals surface area contributed by atoms with E-state index in [2.05, 4.69) is 15.6 Å². The van der Waals surface area contributed by atoms with E-state index in [1.54, 1.807) is 38.1 Å². The van der Waals surface area contributed by atoms with Crippen LogP contribution in [0.5, 0.6) is 11.5 Å². The molecule has 0 radical (unpaired) electrons. The van der Waals surface area contributed by atoms with Gasteiger partial charge in [-0.2, -0.15) is 0 Å². The molecule has 2 heterocycles. The van der Waals surface area contributed by atoms with Crippen LogP contribution in [0.15, 0.2) is 64.8 Å². The number of para-hydroxylation sites is 4. The molecule has 2 aliphatic rings. The summed E-state index contributed by atoms with van der Waals surface area (Å²) in [6.45, 7) is 3.68. The maximum absolute atomic E-state index is 12.9. The number of allylic oxidation sites excluding steroid dienone is 1. The highest BCUT2D eigenvalue weighted by atomic mass is 16.6. The average molecular weight is 407 g/mol. The number of nitrogens with one attached hydrogen (secondary N) is 2. The summed E-state index contributed by atoms with van der Waals surface area (Å²) < 4.78 is 16.6. The Kier molecular flexibility index (Phi) is 5.38. The molecule has 0 spiro atoms. The number of benzene rings is 2. The molecule has 0 bridgehead atoms. The summed E-state index contributed by atoms with van der Waals surface area (Å²) in [7, 11) is 0. The fraction of sp³-hybridized carbons (Fsp3) is 0.227. The third-order valence-corrected chi connectivity index (χ3v) is 4.59. The predicted octanol–water partition coefficient (Wildman–Crippen LogP) is 2.94. The second kappa shape index (κ2) is 8.28. The number of ether oxygens (including phenoxy) is 3. The van der Waals surface area contributed by atoms with Crippen LogP contribution in [0.2, 0.25) is 0 Å². The van der Waals surface area contributed by atoms with E-state index in [9.17, 15) is 9.59 Å². The number of fused-ring (bicyclic) bond motifs is 2. The van der Waals surface area contributed by atoms with Gasteiger partial charge in [-0.3, -0.25) is 4.79 Å². The minimum atomic E-state index is -0.891. The molecular weight excluding hydrogens is 386 g/mol. The number of carbonyl (C=O) groups excluding carboxylic acids is 2. The zero-order valence-corrected chi connectivity index (χ0v) is 16.6. The maximum atomic E-state index is 12.9. The van der Waals surface area contributed by atoms with E-state index < -0.39 is 18.0 Å². The number of nitrogens with zero attached hydrogens (tertiary/aromatic N) is 1. The van der Waals surface area contributed by atoms with Gasteiger partial charge in [0.1, 0.15) is 18.0 Å². The van der Waals surface area contributed by atoms with Crippen molar-refractivity contribution in [1.82, 2.24) is 5.32 Å². The standard InChI is InChI=1S/C22H21N3O5/c1-3-28-22(27)19-13(2)23-14-8-4-5-9-15(14)24-20(19)25-21(26)18-12-29-16-10-6-7-11-17(16)30-18/h4-11,18,23H,3,12H2,1-2H3,(H,24,25,26)/t18-/m1/s1. The number of hydrogen-bond acceptors (Lipinski definition) is 7. The molecule has 0 aromatic heterocycles. The van der Waals surface area contributed by atoms with Gasteiger partial charge in [0.15, 0.2) is 11.5 Å². The van der Waals surface area contributed by atoms with E-state index >= 15 is 0 Å². The third kappa shape index (κ3) is 3.84. The Morgan fingerprint density at radius 2 is 1.90 bits per heavy atom. The van der Waals surface area contributed by atoms with Gasteiger partial charge in [-0.1, -0.05) is 24.3 Å². The van der Waals surface area contributed by atoms with Crippen LogP contribution in [0.3, 0.4) is 0 Å². The molecule has 8 nitrogen and oxygen atoms in total. The van der Waals surface area contributed by atoms with Crippen molar-refractivity contribution in [2.75, 3.05) is 18.5 Å². The molecular formula is C22H21N3O5. The van der Waals surface area contributed by atoms with Gasteiger partial charge in [-0.15, -0.1) is 0 Å². The van der Waals surface area contributed by atoms with Crippen molar-refractivity contribution in [3.63, 3.8) is 0 Å². The van der Waals surface area contributed by atoms with Crippen LogP contribution in [-0.4, -0.2) is 37.0 Å². The largest absolute Gasteiger partial charge is 0.485 e. The van der Waals surface area contributed by atoms with Gasteiger partial charge in [0.05, 0.1) is 18.0 Å². The summed E-state index contributed by atoms with van der Waals surface area (Å²) in [6.07, 6.45) is -0.891. The highest BCUT2D eigenvalue weighted by molar-refractivity contribution is 6.24. The summed E-state index contributed by atoms with van der Waals surface area (Å²) >= 11 is 0. The van der Waals surface area contributed by atoms with Crippen molar-refractivity contribution in [1.29, 1.82) is 0 Å². The first-order chi connectivity index (χ1) is 14.6. The van der Waals surface area contributed by atoms with Gasteiger partial charge in [0, 0.05) is 5.70 Å². The van der Waals surface area contributed by atoms with Crippen LogP contribution in [-0.2, 0) is 14.3 Å². The van der Waals surface area contributed by atoms with Crippen molar-refractivity contribution >= 4 is 29.1 Å². The van der Waals surface area contributed by atoms with Crippen molar-refractivity contribution < 1.29 is 23.8 Å². The zero-order valence-electron chi connectivity index (χ0n) is 16.6. The van der Waals surface area contributed by atoms with Crippen molar-refractivity contribution in [2.45, 2.75) is 20.0 Å². The molecule has 1 amide bonds. The smallest absolute Gasteiger partial charge is 0.343 e. The van der Waals surface area contributed by atoms with Crippen molar-refractivity contribution in [3.05, 3.63) is 59.8 Å². The molecule has 154 valence electrons. The SMILES string of the molecule is CCOC(=O)C1=C(C)Nc2ccccc2N=C1NC(=O)[C@H]1COc2ccccc2O1. The van der Waals surface area contributed by atoms with Gasteiger partial charge in [-0.25, -0.2) is 9.79 Å². The van der Waals surface area contributed by atoms with E-state index in [1.165, 1.54) is 0 Å². The molecule has 30 heavy (non-hydrogen) atoms. The molecule has 8 heteroatoms. The van der Waals surface area contributed by atoms with Crippen LogP contribution < -0.4 is 20.1 Å². The Hall–Kier alpha value is -3.81. The lowest BCUT2D eigenvalue weighted by Crippen LogP contribution is -2.47. The molecule has 0 saturated heterocycles. The topological polar surface area (TPSA) is 98.2 Å². The predicted molar refractivity (Wildman–Crippen MR) is 111 cm³/mol. The average Bonchev–Trinajstić information content (AvgIpc) is 2.88. The molecule has 2 N–H and O–H groups in total. The Morgan fingerprint density at radius 1 is 1.17 bits per heavy atom. The Morgan fingerprint density at radius 3 is 2.70 bits per heavy atom. The summed E-state index contributed by atoms with van der Waals surface area (Å²) in [5.41, 5.74) is 1.96. The van der Waals surface area contributed by atoms with Gasteiger partial charge >= 0.3 is 5.97 Å². The lowest BCUT2D eigenvalue weighted by atomic mass is 10.1. The van der Waals surface area contributed by atoms with Crippen LogP contribution in [0, 0.1) is 0 Å². The minimum absolute atomic E-state index is 0.0440. The lowest BCUT2D eigenvalue weighted by molar-refractivity contribution is -0.137. The molecule has 1 atom stereocenters. The quantitative estimate of drug-likeness (QED) is 0.760. The van der Waals surface area contributed by atoms with Gasteiger partial charge in [0.2, 0.25) is 6.10 Å². The highest BCUT2D eigenvalue weighted by Gasteiger charge is 2.31. The molecule has 0 fully saturated rings. The minimum Gasteiger partial charge on any atom is -0.485 e. The third-order valence-electron chi connectivity index (χ3n) is 4.59. The van der Waals surface area contributed by atoms with E-state index in [1.807, 2.05) is 24.3 Å². The number of rotatable bonds is 3. The van der Waals surface area contributed by atoms with Crippen molar-refractivity contribution in [3.8, 4) is 11.5 Å². The zero-order chi connectivity index (χ0) is 21.1. The number of anilines is 1. The lowest BCUT2D eigenvalue weighted by Gasteiger charge is -2.25. The van der Waals surface area contributed by atoms with Crippen LogP contribution >= 0.6 is 0 Å². The number of amidine groups is 1. The first-order valence-corrected chi connectivity index (χ1v) is 9.59. The molecule has 4 rings (SSSR count). The number of hydrogen-bond donors (Lipinski definition) is 2.